The molecule has 156 valence electrons. The molecule has 2 heterocycles. The van der Waals surface area contributed by atoms with E-state index < -0.39 is 12.1 Å². The molecular weight excluding hydrogens is 381 g/mol. The number of aromatic nitrogens is 4. The highest BCUT2D eigenvalue weighted by Gasteiger charge is 2.41. The molecule has 0 saturated heterocycles. The molecule has 0 amide bonds. The molecule has 1 atom stereocenters. The van der Waals surface area contributed by atoms with Crippen LogP contribution in [0, 0.1) is 24.3 Å². The second-order valence-electron chi connectivity index (χ2n) is 8.44. The zero-order chi connectivity index (χ0) is 20.6. The van der Waals surface area contributed by atoms with Crippen molar-refractivity contribution >= 4 is 22.9 Å². The van der Waals surface area contributed by atoms with E-state index in [-0.39, 0.29) is 30.7 Å². The van der Waals surface area contributed by atoms with Gasteiger partial charge in [-0.25, -0.2) is 4.98 Å². The van der Waals surface area contributed by atoms with Crippen LogP contribution in [0.3, 0.4) is 0 Å². The molecule has 2 saturated carbocycles. The number of halogens is 3. The molecule has 2 fully saturated rings. The predicted molar refractivity (Wildman–Crippen MR) is 104 cm³/mol. The Bertz CT molecular complexity index is 903. The fourth-order valence-corrected chi connectivity index (χ4v) is 4.48. The van der Waals surface area contributed by atoms with Crippen molar-refractivity contribution in [2.45, 2.75) is 70.6 Å². The van der Waals surface area contributed by atoms with Crippen LogP contribution in [0.5, 0.6) is 0 Å². The summed E-state index contributed by atoms with van der Waals surface area (Å²) in [5.41, 5.74) is 1.19. The van der Waals surface area contributed by atoms with Gasteiger partial charge in [0, 0.05) is 12.6 Å². The summed E-state index contributed by atoms with van der Waals surface area (Å²) in [4.78, 5) is 16.3. The monoisotopic (exact) mass is 406 g/mol. The first kappa shape index (κ1) is 19.9. The van der Waals surface area contributed by atoms with E-state index in [1.165, 1.54) is 19.3 Å². The molecular formula is C20H25F3N6. The average molecular weight is 406 g/mol. The Kier molecular flexibility index (Phi) is 5.36. The van der Waals surface area contributed by atoms with Gasteiger partial charge in [0.05, 0.1) is 12.2 Å². The number of nitrogens with zero attached hydrogens (tertiary/aromatic N) is 5. The van der Waals surface area contributed by atoms with E-state index in [0.29, 0.717) is 36.8 Å². The highest BCUT2D eigenvalue weighted by molar-refractivity contribution is 5.84. The van der Waals surface area contributed by atoms with Gasteiger partial charge >= 0.3 is 12.1 Å². The molecule has 1 N–H and O–H groups in total. The lowest BCUT2D eigenvalue weighted by Gasteiger charge is -2.32. The lowest BCUT2D eigenvalue weighted by atomic mass is 9.80. The van der Waals surface area contributed by atoms with Crippen LogP contribution in [0.1, 0.15) is 51.9 Å². The topological polar surface area (TPSA) is 60.0 Å². The maximum absolute atomic E-state index is 12.9. The highest BCUT2D eigenvalue weighted by atomic mass is 19.4. The van der Waals surface area contributed by atoms with Crippen LogP contribution in [0.2, 0.25) is 0 Å². The van der Waals surface area contributed by atoms with Gasteiger partial charge < -0.3 is 14.7 Å². The Morgan fingerprint density at radius 3 is 2.52 bits per heavy atom. The average Bonchev–Trinajstić information content (AvgIpc) is 3.02. The number of alkyl halides is 3. The molecule has 0 spiro atoms. The molecule has 0 unspecified atom stereocenters. The minimum Gasteiger partial charge on any atom is -0.394 e. The third-order valence-corrected chi connectivity index (χ3v) is 6.55. The molecule has 29 heavy (non-hydrogen) atoms. The first-order valence-corrected chi connectivity index (χ1v) is 10.3. The van der Waals surface area contributed by atoms with Crippen LogP contribution in [-0.4, -0.2) is 31.7 Å². The quantitative estimate of drug-likeness (QED) is 0.681. The van der Waals surface area contributed by atoms with Crippen LogP contribution < -0.4 is 5.32 Å². The number of rotatable bonds is 5. The second-order valence-corrected chi connectivity index (χ2v) is 8.44. The molecule has 2 aliphatic carbocycles. The largest absolute Gasteiger partial charge is 0.394 e. The van der Waals surface area contributed by atoms with Crippen molar-refractivity contribution in [3.8, 4) is 0 Å². The number of hydrogen-bond acceptors (Lipinski definition) is 4. The van der Waals surface area contributed by atoms with E-state index in [1.54, 1.807) is 6.33 Å². The van der Waals surface area contributed by atoms with Gasteiger partial charge in [0.15, 0.2) is 5.52 Å². The molecule has 0 aliphatic heterocycles. The normalized spacial score (nSPS) is 24.1. The molecule has 9 heteroatoms. The van der Waals surface area contributed by atoms with Crippen LogP contribution >= 0.6 is 0 Å². The van der Waals surface area contributed by atoms with Crippen molar-refractivity contribution in [3.63, 3.8) is 0 Å². The van der Waals surface area contributed by atoms with Crippen molar-refractivity contribution < 1.29 is 13.2 Å². The standard InChI is InChI=1S/C20H25F3N6/c1-12(14-4-3-5-14)26-18-16-17(27-19(24-2)28-18)25-11-29(16)10-13-6-8-15(9-7-13)20(21,22)23/h11-15H,3-10H2,1H3,(H,26,27,28)/t12-,13?,15?/m1/s1. The SMILES string of the molecule is [C-]#[N+]c1nc(N[C@H](C)C2CCC2)c2c(ncn2CC2CCC(C(F)(F)F)CC2)n1. The van der Waals surface area contributed by atoms with Crippen molar-refractivity contribution in [1.82, 2.24) is 19.5 Å². The summed E-state index contributed by atoms with van der Waals surface area (Å²) >= 11 is 0. The zero-order valence-corrected chi connectivity index (χ0v) is 16.4. The molecule has 0 bridgehead atoms. The Morgan fingerprint density at radius 2 is 1.93 bits per heavy atom. The van der Waals surface area contributed by atoms with E-state index in [1.807, 2.05) is 4.57 Å². The van der Waals surface area contributed by atoms with Gasteiger partial charge in [-0.3, -0.25) is 0 Å². The maximum Gasteiger partial charge on any atom is 0.391 e. The second kappa shape index (κ2) is 7.81. The van der Waals surface area contributed by atoms with Gasteiger partial charge in [-0.15, -0.1) is 16.5 Å². The smallest absolute Gasteiger partial charge is 0.391 e. The van der Waals surface area contributed by atoms with Crippen molar-refractivity contribution in [2.75, 3.05) is 5.32 Å². The van der Waals surface area contributed by atoms with Gasteiger partial charge in [-0.05, 0) is 57.3 Å². The highest BCUT2D eigenvalue weighted by Crippen LogP contribution is 2.40. The summed E-state index contributed by atoms with van der Waals surface area (Å²) in [7, 11) is 0. The summed E-state index contributed by atoms with van der Waals surface area (Å²) in [6.07, 6.45) is 2.64. The Morgan fingerprint density at radius 1 is 1.21 bits per heavy atom. The Hall–Kier alpha value is -2.37. The van der Waals surface area contributed by atoms with E-state index in [2.05, 4.69) is 32.0 Å². The molecule has 0 radical (unpaired) electrons. The molecule has 2 aromatic heterocycles. The summed E-state index contributed by atoms with van der Waals surface area (Å²) in [5, 5.41) is 3.45. The first-order valence-electron chi connectivity index (χ1n) is 10.3. The van der Waals surface area contributed by atoms with Crippen molar-refractivity contribution in [3.05, 3.63) is 17.7 Å². The summed E-state index contributed by atoms with van der Waals surface area (Å²) in [6.45, 7) is 9.97. The fourth-order valence-electron chi connectivity index (χ4n) is 4.48. The number of fused-ring (bicyclic) bond motifs is 1. The summed E-state index contributed by atoms with van der Waals surface area (Å²) in [6, 6.07) is 0.228. The fraction of sp³-hybridized carbons (Fsp3) is 0.700. The lowest BCUT2D eigenvalue weighted by Crippen LogP contribution is -2.31. The van der Waals surface area contributed by atoms with Crippen molar-refractivity contribution in [2.24, 2.45) is 17.8 Å². The maximum atomic E-state index is 12.9. The van der Waals surface area contributed by atoms with Crippen molar-refractivity contribution in [1.29, 1.82) is 0 Å². The summed E-state index contributed by atoms with van der Waals surface area (Å²) < 4.78 is 40.7. The van der Waals surface area contributed by atoms with E-state index in [0.717, 1.165) is 5.52 Å². The minimum atomic E-state index is -4.09. The van der Waals surface area contributed by atoms with E-state index in [9.17, 15) is 13.2 Å². The summed E-state index contributed by atoms with van der Waals surface area (Å²) in [5.74, 6) is 0.232. The van der Waals surface area contributed by atoms with E-state index in [4.69, 9.17) is 6.57 Å². The third kappa shape index (κ3) is 4.16. The molecule has 4 rings (SSSR count). The number of hydrogen-bond donors (Lipinski definition) is 1. The molecule has 6 nitrogen and oxygen atoms in total. The van der Waals surface area contributed by atoms with Gasteiger partial charge in [0.2, 0.25) is 11.5 Å². The van der Waals surface area contributed by atoms with Crippen LogP contribution in [0.25, 0.3) is 16.0 Å². The zero-order valence-electron chi connectivity index (χ0n) is 16.4. The third-order valence-electron chi connectivity index (χ3n) is 6.55. The predicted octanol–water partition coefficient (Wildman–Crippen LogP) is 5.35. The molecule has 2 aliphatic rings. The number of imidazole rings is 1. The van der Waals surface area contributed by atoms with Crippen LogP contribution in [-0.2, 0) is 6.54 Å². The van der Waals surface area contributed by atoms with Gasteiger partial charge in [-0.1, -0.05) is 6.42 Å². The Balaban J connectivity index is 1.55. The number of anilines is 1. The van der Waals surface area contributed by atoms with Gasteiger partial charge in [0.1, 0.15) is 0 Å². The van der Waals surface area contributed by atoms with Gasteiger partial charge in [-0.2, -0.15) is 13.2 Å². The van der Waals surface area contributed by atoms with E-state index >= 15 is 0 Å². The lowest BCUT2D eigenvalue weighted by molar-refractivity contribution is -0.184. The minimum absolute atomic E-state index is 0.0525. The first-order chi connectivity index (χ1) is 13.8. The van der Waals surface area contributed by atoms with Crippen LogP contribution in [0.4, 0.5) is 24.9 Å². The Labute approximate surface area is 167 Å². The molecule has 2 aromatic rings. The van der Waals surface area contributed by atoms with Crippen LogP contribution in [0.15, 0.2) is 6.33 Å². The molecule has 0 aromatic carbocycles. The van der Waals surface area contributed by atoms with Gasteiger partial charge in [0.25, 0.3) is 0 Å². The number of nitrogens with one attached hydrogen (secondary N) is 1.